The molecule has 1 heterocycles. The van der Waals surface area contributed by atoms with E-state index in [9.17, 15) is 9.59 Å². The highest BCUT2D eigenvalue weighted by molar-refractivity contribution is 6.30. The van der Waals surface area contributed by atoms with Crippen LogP contribution >= 0.6 is 11.6 Å². The van der Waals surface area contributed by atoms with E-state index in [0.717, 1.165) is 11.8 Å². The van der Waals surface area contributed by atoms with Crippen LogP contribution in [-0.4, -0.2) is 17.6 Å². The number of carbonyl (C=O) groups is 1. The van der Waals surface area contributed by atoms with Crippen LogP contribution in [0.25, 0.3) is 11.0 Å². The van der Waals surface area contributed by atoms with Crippen LogP contribution in [0.5, 0.6) is 0 Å². The Labute approximate surface area is 154 Å². The van der Waals surface area contributed by atoms with Gasteiger partial charge in [-0.2, -0.15) is 0 Å². The van der Waals surface area contributed by atoms with Crippen LogP contribution < -0.4 is 10.7 Å². The fourth-order valence-electron chi connectivity index (χ4n) is 2.39. The minimum atomic E-state index is -0.526. The highest BCUT2D eigenvalue weighted by Gasteiger charge is 2.14. The van der Waals surface area contributed by atoms with E-state index in [0.29, 0.717) is 16.2 Å². The van der Waals surface area contributed by atoms with Crippen molar-refractivity contribution in [2.24, 2.45) is 0 Å². The van der Waals surface area contributed by atoms with Gasteiger partial charge in [0.1, 0.15) is 24.0 Å². The Morgan fingerprint density at radius 1 is 1.19 bits per heavy atom. The number of amides is 1. The molecule has 5 nitrogen and oxygen atoms in total. The molecule has 0 atom stereocenters. The van der Waals surface area contributed by atoms with Crippen molar-refractivity contribution in [2.45, 2.75) is 6.54 Å². The van der Waals surface area contributed by atoms with Gasteiger partial charge in [-0.15, -0.1) is 0 Å². The molecular weight excluding hydrogens is 354 g/mol. The second-order valence-electron chi connectivity index (χ2n) is 5.46. The van der Waals surface area contributed by atoms with E-state index in [1.54, 1.807) is 42.5 Å². The van der Waals surface area contributed by atoms with Gasteiger partial charge < -0.3 is 14.8 Å². The Hall–Kier alpha value is -3.07. The zero-order valence-corrected chi connectivity index (χ0v) is 14.3. The Morgan fingerprint density at radius 2 is 1.96 bits per heavy atom. The molecule has 3 rings (SSSR count). The quantitative estimate of drug-likeness (QED) is 0.698. The number of aliphatic hydroxyl groups excluding tert-OH is 1. The van der Waals surface area contributed by atoms with Crippen molar-refractivity contribution in [2.75, 3.05) is 6.61 Å². The van der Waals surface area contributed by atoms with Crippen molar-refractivity contribution in [3.05, 3.63) is 80.7 Å². The standard InChI is InChI=1S/C20H14ClNO4/c21-15-6-3-14(4-7-15)11-22-20(25)17-12-26-18-8-5-13(2-1-9-23)10-16(18)19(17)24/h3-8,10,12,23H,9,11H2,(H,22,25). The molecule has 0 aliphatic carbocycles. The topological polar surface area (TPSA) is 79.5 Å². The van der Waals surface area contributed by atoms with E-state index >= 15 is 0 Å². The lowest BCUT2D eigenvalue weighted by Gasteiger charge is -2.06. The molecule has 0 unspecified atom stereocenters. The van der Waals surface area contributed by atoms with Crippen LogP contribution in [0.15, 0.2) is 57.9 Å². The number of benzene rings is 2. The van der Waals surface area contributed by atoms with Gasteiger partial charge in [-0.3, -0.25) is 9.59 Å². The lowest BCUT2D eigenvalue weighted by Crippen LogP contribution is -2.28. The van der Waals surface area contributed by atoms with Gasteiger partial charge >= 0.3 is 0 Å². The number of nitrogens with one attached hydrogen (secondary N) is 1. The molecule has 26 heavy (non-hydrogen) atoms. The minimum absolute atomic E-state index is 0.0845. The zero-order chi connectivity index (χ0) is 18.5. The Morgan fingerprint density at radius 3 is 2.69 bits per heavy atom. The molecule has 1 amide bonds. The first kappa shape index (κ1) is 17.7. The molecular formula is C20H14ClNO4. The summed E-state index contributed by atoms with van der Waals surface area (Å²) in [6.07, 6.45) is 1.15. The highest BCUT2D eigenvalue weighted by atomic mass is 35.5. The lowest BCUT2D eigenvalue weighted by atomic mass is 10.1. The third kappa shape index (κ3) is 3.94. The molecule has 0 saturated carbocycles. The summed E-state index contributed by atoms with van der Waals surface area (Å²) >= 11 is 5.83. The van der Waals surface area contributed by atoms with Gasteiger partial charge in [0.05, 0.1) is 5.39 Å². The molecule has 3 aromatic rings. The number of fused-ring (bicyclic) bond motifs is 1. The fraction of sp³-hybridized carbons (Fsp3) is 0.100. The van der Waals surface area contributed by atoms with E-state index in [1.807, 2.05) is 0 Å². The molecule has 1 aromatic heterocycles. The predicted octanol–water partition coefficient (Wildman–Crippen LogP) is 2.72. The Balaban J connectivity index is 1.86. The highest BCUT2D eigenvalue weighted by Crippen LogP contribution is 2.14. The summed E-state index contributed by atoms with van der Waals surface area (Å²) in [6, 6.07) is 11.8. The molecule has 0 fully saturated rings. The number of aliphatic hydroxyl groups is 1. The maximum absolute atomic E-state index is 12.6. The summed E-state index contributed by atoms with van der Waals surface area (Å²) in [7, 11) is 0. The molecule has 0 bridgehead atoms. The summed E-state index contributed by atoms with van der Waals surface area (Å²) in [6.45, 7) is -0.0186. The van der Waals surface area contributed by atoms with Gasteiger partial charge in [-0.05, 0) is 35.9 Å². The second-order valence-corrected chi connectivity index (χ2v) is 5.89. The monoisotopic (exact) mass is 367 g/mol. The normalized spacial score (nSPS) is 10.2. The molecule has 0 saturated heterocycles. The third-order valence-corrected chi connectivity index (χ3v) is 3.95. The Bertz CT molecular complexity index is 1070. The summed E-state index contributed by atoms with van der Waals surface area (Å²) in [4.78, 5) is 25.0. The van der Waals surface area contributed by atoms with Gasteiger partial charge in [0.15, 0.2) is 0 Å². The SMILES string of the molecule is O=C(NCc1ccc(Cl)cc1)c1coc2ccc(C#CCO)cc2c1=O. The van der Waals surface area contributed by atoms with Crippen molar-refractivity contribution in [3.63, 3.8) is 0 Å². The number of rotatable bonds is 3. The fourth-order valence-corrected chi connectivity index (χ4v) is 2.51. The van der Waals surface area contributed by atoms with Crippen LogP contribution in [0.3, 0.4) is 0 Å². The van der Waals surface area contributed by atoms with E-state index in [2.05, 4.69) is 17.2 Å². The van der Waals surface area contributed by atoms with Crippen LogP contribution in [0, 0.1) is 11.8 Å². The van der Waals surface area contributed by atoms with Gasteiger partial charge in [0.2, 0.25) is 5.43 Å². The molecule has 2 aromatic carbocycles. The van der Waals surface area contributed by atoms with Crippen molar-refractivity contribution in [1.29, 1.82) is 0 Å². The van der Waals surface area contributed by atoms with Crippen molar-refractivity contribution < 1.29 is 14.3 Å². The summed E-state index contributed by atoms with van der Waals surface area (Å²) in [5.74, 6) is 4.71. The van der Waals surface area contributed by atoms with Gasteiger partial charge in [-0.25, -0.2) is 0 Å². The largest absolute Gasteiger partial charge is 0.463 e. The lowest BCUT2D eigenvalue weighted by molar-refractivity contribution is 0.0948. The van der Waals surface area contributed by atoms with Crippen LogP contribution in [0.2, 0.25) is 5.02 Å². The molecule has 2 N–H and O–H groups in total. The first-order valence-corrected chi connectivity index (χ1v) is 8.14. The smallest absolute Gasteiger partial charge is 0.258 e. The van der Waals surface area contributed by atoms with E-state index in [-0.39, 0.29) is 24.1 Å². The van der Waals surface area contributed by atoms with E-state index in [4.69, 9.17) is 21.1 Å². The van der Waals surface area contributed by atoms with Crippen LogP contribution in [0.4, 0.5) is 0 Å². The predicted molar refractivity (Wildman–Crippen MR) is 99.1 cm³/mol. The molecule has 0 aliphatic rings. The van der Waals surface area contributed by atoms with E-state index in [1.165, 1.54) is 0 Å². The van der Waals surface area contributed by atoms with E-state index < -0.39 is 11.3 Å². The average molecular weight is 368 g/mol. The second kappa shape index (κ2) is 7.87. The summed E-state index contributed by atoms with van der Waals surface area (Å²) < 4.78 is 5.40. The van der Waals surface area contributed by atoms with Crippen LogP contribution in [0.1, 0.15) is 21.5 Å². The molecule has 0 radical (unpaired) electrons. The number of halogens is 1. The summed E-state index contributed by atoms with van der Waals surface area (Å²) in [5.41, 5.74) is 1.25. The van der Waals surface area contributed by atoms with Gasteiger partial charge in [0, 0.05) is 17.1 Å². The van der Waals surface area contributed by atoms with Gasteiger partial charge in [0.25, 0.3) is 5.91 Å². The van der Waals surface area contributed by atoms with Crippen molar-refractivity contribution in [1.82, 2.24) is 5.32 Å². The maximum Gasteiger partial charge on any atom is 0.258 e. The molecule has 0 spiro atoms. The molecule has 6 heteroatoms. The minimum Gasteiger partial charge on any atom is -0.463 e. The molecule has 130 valence electrons. The van der Waals surface area contributed by atoms with Gasteiger partial charge in [-0.1, -0.05) is 35.6 Å². The average Bonchev–Trinajstić information content (AvgIpc) is 2.66. The zero-order valence-electron chi connectivity index (χ0n) is 13.6. The molecule has 0 aliphatic heterocycles. The summed E-state index contributed by atoms with van der Waals surface area (Å²) in [5, 5.41) is 12.3. The number of carbonyl (C=O) groups excluding carboxylic acids is 1. The first-order chi connectivity index (χ1) is 12.6. The maximum atomic E-state index is 12.6. The van der Waals surface area contributed by atoms with Crippen molar-refractivity contribution >= 4 is 28.5 Å². The van der Waals surface area contributed by atoms with Crippen LogP contribution in [-0.2, 0) is 6.54 Å². The Kier molecular flexibility index (Phi) is 5.37. The van der Waals surface area contributed by atoms with Crippen molar-refractivity contribution in [3.8, 4) is 11.8 Å². The first-order valence-electron chi connectivity index (χ1n) is 7.76. The number of hydrogen-bond donors (Lipinski definition) is 2. The number of hydrogen-bond acceptors (Lipinski definition) is 4. The third-order valence-electron chi connectivity index (χ3n) is 3.70.